The summed E-state index contributed by atoms with van der Waals surface area (Å²) in [6.07, 6.45) is 9.06. The summed E-state index contributed by atoms with van der Waals surface area (Å²) in [6.45, 7) is 4.16. The molecule has 3 heteroatoms. The summed E-state index contributed by atoms with van der Waals surface area (Å²) in [5, 5.41) is 8.81. The van der Waals surface area contributed by atoms with E-state index in [2.05, 4.69) is 6.92 Å². The van der Waals surface area contributed by atoms with Crippen LogP contribution in [0.5, 0.6) is 0 Å². The summed E-state index contributed by atoms with van der Waals surface area (Å²) in [5.41, 5.74) is 0. The zero-order valence-electron chi connectivity index (χ0n) is 10.00. The van der Waals surface area contributed by atoms with E-state index < -0.39 is 5.97 Å². The van der Waals surface area contributed by atoms with E-state index in [1.165, 1.54) is 32.1 Å². The van der Waals surface area contributed by atoms with Crippen LogP contribution < -0.4 is 0 Å². The number of carbonyl (C=O) groups is 1. The van der Waals surface area contributed by atoms with E-state index in [4.69, 9.17) is 5.11 Å². The number of hydrogen-bond acceptors (Lipinski definition) is 1. The molecule has 0 bridgehead atoms. The second-order valence-electron chi connectivity index (χ2n) is 4.00. The monoisotopic (exact) mass is 236 g/mol. The normalized spacial score (nSPS) is 11.9. The molecule has 1 unspecified atom stereocenters. The molecule has 0 heterocycles. The Bertz CT molecular complexity index is 149. The lowest BCUT2D eigenvalue weighted by molar-refractivity contribution is -0.142. The molecule has 0 aliphatic heterocycles. The molecule has 0 aliphatic carbocycles. The van der Waals surface area contributed by atoms with Crippen molar-refractivity contribution in [2.75, 3.05) is 0 Å². The van der Waals surface area contributed by atoms with Crippen LogP contribution in [0.15, 0.2) is 0 Å². The van der Waals surface area contributed by atoms with Gasteiger partial charge in [-0.25, -0.2) is 0 Å². The largest absolute Gasteiger partial charge is 0.481 e. The van der Waals surface area contributed by atoms with Crippen LogP contribution in [0, 0.1) is 5.92 Å². The SMILES string of the molecule is CCCCCCCCC(CC)C(=O)O.Cl. The highest BCUT2D eigenvalue weighted by Crippen LogP contribution is 2.15. The van der Waals surface area contributed by atoms with E-state index in [1.54, 1.807) is 0 Å². The fourth-order valence-electron chi connectivity index (χ4n) is 1.67. The molecule has 0 aromatic carbocycles. The van der Waals surface area contributed by atoms with Gasteiger partial charge in [0.1, 0.15) is 0 Å². The average molecular weight is 237 g/mol. The number of unbranched alkanes of at least 4 members (excludes halogenated alkanes) is 5. The van der Waals surface area contributed by atoms with Crippen molar-refractivity contribution in [3.8, 4) is 0 Å². The van der Waals surface area contributed by atoms with Crippen molar-refractivity contribution in [2.24, 2.45) is 5.92 Å². The van der Waals surface area contributed by atoms with Crippen molar-refractivity contribution in [3.63, 3.8) is 0 Å². The smallest absolute Gasteiger partial charge is 0.306 e. The maximum Gasteiger partial charge on any atom is 0.306 e. The first-order valence-electron chi connectivity index (χ1n) is 5.95. The Kier molecular flexibility index (Phi) is 13.5. The van der Waals surface area contributed by atoms with Crippen molar-refractivity contribution >= 4 is 18.4 Å². The van der Waals surface area contributed by atoms with Gasteiger partial charge in [-0.2, -0.15) is 0 Å². The molecule has 0 aliphatic rings. The molecule has 1 N–H and O–H groups in total. The minimum atomic E-state index is -0.624. The molecule has 92 valence electrons. The van der Waals surface area contributed by atoms with Crippen LogP contribution in [0.3, 0.4) is 0 Å². The third-order valence-corrected chi connectivity index (χ3v) is 2.75. The molecule has 0 saturated heterocycles. The number of halogens is 1. The Balaban J connectivity index is 0. The van der Waals surface area contributed by atoms with Crippen molar-refractivity contribution in [2.45, 2.75) is 65.2 Å². The van der Waals surface area contributed by atoms with Gasteiger partial charge in [0, 0.05) is 0 Å². The second-order valence-corrected chi connectivity index (χ2v) is 4.00. The first-order chi connectivity index (χ1) is 6.72. The maximum atomic E-state index is 10.7. The predicted octanol–water partition coefficient (Wildman–Crippen LogP) is 4.27. The van der Waals surface area contributed by atoms with Crippen LogP contribution in [-0.4, -0.2) is 11.1 Å². The molecule has 0 aromatic rings. The van der Waals surface area contributed by atoms with Crippen LogP contribution in [0.2, 0.25) is 0 Å². The molecule has 0 amide bonds. The van der Waals surface area contributed by atoms with E-state index in [-0.39, 0.29) is 18.3 Å². The molecule has 0 radical (unpaired) electrons. The van der Waals surface area contributed by atoms with Gasteiger partial charge in [-0.1, -0.05) is 52.4 Å². The molecule has 0 rings (SSSR count). The Labute approximate surface area is 99.9 Å². The number of carboxylic acid groups (broad SMARTS) is 1. The Hall–Kier alpha value is -0.240. The second kappa shape index (κ2) is 11.8. The lowest BCUT2D eigenvalue weighted by Crippen LogP contribution is -2.12. The Morgan fingerprint density at radius 2 is 1.60 bits per heavy atom. The van der Waals surface area contributed by atoms with E-state index in [0.717, 1.165) is 19.3 Å². The molecule has 15 heavy (non-hydrogen) atoms. The van der Waals surface area contributed by atoms with Crippen molar-refractivity contribution < 1.29 is 9.90 Å². The van der Waals surface area contributed by atoms with E-state index in [1.807, 2.05) is 6.92 Å². The third kappa shape index (κ3) is 10.1. The lowest BCUT2D eigenvalue weighted by Gasteiger charge is -2.08. The standard InChI is InChI=1S/C12H24O2.ClH/c1-3-5-6-7-8-9-10-11(4-2)12(13)14;/h11H,3-10H2,1-2H3,(H,13,14);1H. The van der Waals surface area contributed by atoms with E-state index in [0.29, 0.717) is 0 Å². The van der Waals surface area contributed by atoms with Gasteiger partial charge in [-0.05, 0) is 12.8 Å². The highest BCUT2D eigenvalue weighted by molar-refractivity contribution is 5.85. The van der Waals surface area contributed by atoms with Gasteiger partial charge in [0.05, 0.1) is 5.92 Å². The number of aliphatic carboxylic acids is 1. The van der Waals surface area contributed by atoms with Gasteiger partial charge in [0.25, 0.3) is 0 Å². The average Bonchev–Trinajstić information content (AvgIpc) is 2.16. The minimum absolute atomic E-state index is 0. The van der Waals surface area contributed by atoms with Gasteiger partial charge < -0.3 is 5.11 Å². The van der Waals surface area contributed by atoms with Crippen molar-refractivity contribution in [1.29, 1.82) is 0 Å². The fourth-order valence-corrected chi connectivity index (χ4v) is 1.67. The molecular formula is C12H25ClO2. The molecule has 0 saturated carbocycles. The summed E-state index contributed by atoms with van der Waals surface area (Å²) >= 11 is 0. The van der Waals surface area contributed by atoms with Crippen LogP contribution in [-0.2, 0) is 4.79 Å². The molecule has 0 spiro atoms. The number of carboxylic acids is 1. The molecule has 1 atom stereocenters. The highest BCUT2D eigenvalue weighted by Gasteiger charge is 2.13. The predicted molar refractivity (Wildman–Crippen MR) is 66.7 cm³/mol. The minimum Gasteiger partial charge on any atom is -0.481 e. The maximum absolute atomic E-state index is 10.7. The fraction of sp³-hybridized carbons (Fsp3) is 0.917. The highest BCUT2D eigenvalue weighted by atomic mass is 35.5. The zero-order valence-corrected chi connectivity index (χ0v) is 10.8. The Morgan fingerprint density at radius 1 is 1.07 bits per heavy atom. The summed E-state index contributed by atoms with van der Waals surface area (Å²) in [6, 6.07) is 0. The molecular weight excluding hydrogens is 212 g/mol. The first-order valence-corrected chi connectivity index (χ1v) is 5.95. The summed E-state index contributed by atoms with van der Waals surface area (Å²) in [4.78, 5) is 10.7. The summed E-state index contributed by atoms with van der Waals surface area (Å²) in [5.74, 6) is -0.734. The van der Waals surface area contributed by atoms with Crippen LogP contribution in [0.1, 0.15) is 65.2 Å². The van der Waals surface area contributed by atoms with E-state index in [9.17, 15) is 4.79 Å². The van der Waals surface area contributed by atoms with Crippen LogP contribution in [0.4, 0.5) is 0 Å². The number of rotatable bonds is 9. The van der Waals surface area contributed by atoms with Crippen molar-refractivity contribution in [3.05, 3.63) is 0 Å². The molecule has 0 aromatic heterocycles. The number of hydrogen-bond donors (Lipinski definition) is 1. The Morgan fingerprint density at radius 3 is 2.07 bits per heavy atom. The van der Waals surface area contributed by atoms with Gasteiger partial charge in [-0.3, -0.25) is 4.79 Å². The van der Waals surface area contributed by atoms with Gasteiger partial charge in [0.15, 0.2) is 0 Å². The zero-order chi connectivity index (χ0) is 10.8. The third-order valence-electron chi connectivity index (χ3n) is 2.75. The van der Waals surface area contributed by atoms with Gasteiger partial charge in [0.2, 0.25) is 0 Å². The molecule has 0 fully saturated rings. The summed E-state index contributed by atoms with van der Waals surface area (Å²) < 4.78 is 0. The topological polar surface area (TPSA) is 37.3 Å². The first kappa shape index (κ1) is 17.2. The lowest BCUT2D eigenvalue weighted by atomic mass is 9.98. The van der Waals surface area contributed by atoms with E-state index >= 15 is 0 Å². The van der Waals surface area contributed by atoms with Crippen LogP contribution in [0.25, 0.3) is 0 Å². The summed E-state index contributed by atoms with van der Waals surface area (Å²) in [7, 11) is 0. The van der Waals surface area contributed by atoms with Gasteiger partial charge in [-0.15, -0.1) is 12.4 Å². The quantitative estimate of drug-likeness (QED) is 0.607. The van der Waals surface area contributed by atoms with Crippen molar-refractivity contribution in [1.82, 2.24) is 0 Å². The van der Waals surface area contributed by atoms with Gasteiger partial charge >= 0.3 is 5.97 Å². The van der Waals surface area contributed by atoms with Crippen LogP contribution >= 0.6 is 12.4 Å². The molecule has 2 nitrogen and oxygen atoms in total.